The van der Waals surface area contributed by atoms with Crippen LogP contribution in [0.5, 0.6) is 5.75 Å². The zero-order chi connectivity index (χ0) is 30.9. The monoisotopic (exact) mass is 584 g/mol. The van der Waals surface area contributed by atoms with Crippen LogP contribution in [0.3, 0.4) is 0 Å². The molecule has 0 saturated carbocycles. The fourth-order valence-electron chi connectivity index (χ4n) is 5.76. The van der Waals surface area contributed by atoms with Crippen LogP contribution < -0.4 is 9.64 Å². The van der Waals surface area contributed by atoms with E-state index in [1.54, 1.807) is 12.1 Å². The first-order valence-corrected chi connectivity index (χ1v) is 14.9. The van der Waals surface area contributed by atoms with Gasteiger partial charge < -0.3 is 14.7 Å². The molecule has 1 fully saturated rings. The summed E-state index contributed by atoms with van der Waals surface area (Å²) in [5.74, 6) is 0.292. The highest BCUT2D eigenvalue weighted by Gasteiger charge is 2.32. The van der Waals surface area contributed by atoms with E-state index in [2.05, 4.69) is 25.7 Å². The van der Waals surface area contributed by atoms with Crippen LogP contribution in [-0.4, -0.2) is 45.5 Å². The van der Waals surface area contributed by atoms with Crippen molar-refractivity contribution >= 4 is 11.7 Å². The maximum absolute atomic E-state index is 13.2. The highest BCUT2D eigenvalue weighted by atomic mass is 19.1. The van der Waals surface area contributed by atoms with E-state index in [1.807, 2.05) is 49.7 Å². The molecule has 0 radical (unpaired) electrons. The summed E-state index contributed by atoms with van der Waals surface area (Å²) in [5.41, 5.74) is 8.45. The standard InChI is InChI=1S/C35H41FN4O3/c1-22-23(2)38-40(25(22)4)34-32(27-9-13-29(14-10-27)43-20-15-26-7-11-28(36)12-8-26)33(30(21-31(41)42)24(3)37-34)39-18-16-35(5,6)17-19-39/h7-14H,15-21H2,1-6H3,(H,41,42). The van der Waals surface area contributed by atoms with Gasteiger partial charge in [-0.25, -0.2) is 14.1 Å². The molecule has 1 N–H and O–H groups in total. The van der Waals surface area contributed by atoms with Crippen LogP contribution in [0.4, 0.5) is 10.1 Å². The van der Waals surface area contributed by atoms with E-state index in [-0.39, 0.29) is 17.7 Å². The minimum atomic E-state index is -0.881. The molecule has 4 aromatic rings. The van der Waals surface area contributed by atoms with Crippen LogP contribution in [0, 0.1) is 38.9 Å². The van der Waals surface area contributed by atoms with Crippen molar-refractivity contribution in [1.82, 2.24) is 14.8 Å². The molecule has 5 rings (SSSR count). The summed E-state index contributed by atoms with van der Waals surface area (Å²) in [6.07, 6.45) is 2.58. The molecule has 0 spiro atoms. The Morgan fingerprint density at radius 3 is 2.21 bits per heavy atom. The zero-order valence-corrected chi connectivity index (χ0v) is 26.0. The first-order chi connectivity index (χ1) is 20.4. The molecule has 1 aliphatic heterocycles. The van der Waals surface area contributed by atoms with E-state index in [4.69, 9.17) is 14.8 Å². The van der Waals surface area contributed by atoms with Gasteiger partial charge in [-0.15, -0.1) is 0 Å². The Labute approximate surface area is 253 Å². The number of halogens is 1. The largest absolute Gasteiger partial charge is 0.493 e. The van der Waals surface area contributed by atoms with Crippen LogP contribution in [-0.2, 0) is 17.6 Å². The Hall–Kier alpha value is -4.20. The molecule has 0 unspecified atom stereocenters. The lowest BCUT2D eigenvalue weighted by atomic mass is 9.82. The van der Waals surface area contributed by atoms with Gasteiger partial charge in [0.25, 0.3) is 0 Å². The van der Waals surface area contributed by atoms with Crippen LogP contribution in [0.15, 0.2) is 48.5 Å². The number of benzene rings is 2. The number of carboxylic acid groups (broad SMARTS) is 1. The molecular formula is C35H41FN4O3. The maximum atomic E-state index is 13.2. The van der Waals surface area contributed by atoms with Gasteiger partial charge >= 0.3 is 5.97 Å². The fourth-order valence-corrected chi connectivity index (χ4v) is 5.76. The van der Waals surface area contributed by atoms with Crippen molar-refractivity contribution in [3.8, 4) is 22.7 Å². The van der Waals surface area contributed by atoms with Crippen molar-refractivity contribution in [3.05, 3.63) is 88.1 Å². The molecule has 226 valence electrons. The molecule has 0 bridgehead atoms. The van der Waals surface area contributed by atoms with Crippen molar-refractivity contribution in [3.63, 3.8) is 0 Å². The van der Waals surface area contributed by atoms with Crippen LogP contribution in [0.25, 0.3) is 16.9 Å². The number of rotatable bonds is 9. The summed E-state index contributed by atoms with van der Waals surface area (Å²) >= 11 is 0. The zero-order valence-electron chi connectivity index (χ0n) is 26.0. The van der Waals surface area contributed by atoms with Gasteiger partial charge in [0.05, 0.1) is 30.0 Å². The Bertz CT molecular complexity index is 1610. The van der Waals surface area contributed by atoms with E-state index in [0.717, 1.165) is 76.6 Å². The third kappa shape index (κ3) is 6.58. The maximum Gasteiger partial charge on any atom is 0.307 e. The third-order valence-corrected chi connectivity index (χ3v) is 8.79. The van der Waals surface area contributed by atoms with Gasteiger partial charge in [0.1, 0.15) is 11.6 Å². The molecule has 0 aliphatic carbocycles. The minimum absolute atomic E-state index is 0.109. The van der Waals surface area contributed by atoms with Crippen LogP contribution in [0.2, 0.25) is 0 Å². The van der Waals surface area contributed by atoms with Crippen molar-refractivity contribution in [2.75, 3.05) is 24.6 Å². The van der Waals surface area contributed by atoms with Crippen molar-refractivity contribution in [2.45, 2.75) is 67.2 Å². The highest BCUT2D eigenvalue weighted by Crippen LogP contribution is 2.43. The lowest BCUT2D eigenvalue weighted by molar-refractivity contribution is -0.136. The molecule has 2 aromatic carbocycles. The molecule has 7 nitrogen and oxygen atoms in total. The van der Waals surface area contributed by atoms with Gasteiger partial charge in [0.15, 0.2) is 5.82 Å². The molecule has 43 heavy (non-hydrogen) atoms. The minimum Gasteiger partial charge on any atom is -0.493 e. The molecule has 0 atom stereocenters. The number of hydrogen-bond donors (Lipinski definition) is 1. The van der Waals surface area contributed by atoms with Crippen molar-refractivity contribution in [1.29, 1.82) is 0 Å². The molecule has 1 aliphatic rings. The van der Waals surface area contributed by atoms with E-state index in [1.165, 1.54) is 12.1 Å². The fraction of sp³-hybridized carbons (Fsp3) is 0.400. The second kappa shape index (κ2) is 12.2. The summed E-state index contributed by atoms with van der Waals surface area (Å²) in [4.78, 5) is 19.5. The van der Waals surface area contributed by atoms with Gasteiger partial charge in [-0.1, -0.05) is 38.1 Å². The molecule has 2 aromatic heterocycles. The predicted octanol–water partition coefficient (Wildman–Crippen LogP) is 7.18. The van der Waals surface area contributed by atoms with Crippen LogP contribution in [0.1, 0.15) is 60.5 Å². The summed E-state index contributed by atoms with van der Waals surface area (Å²) < 4.78 is 21.2. The summed E-state index contributed by atoms with van der Waals surface area (Å²) in [5, 5.41) is 14.8. The van der Waals surface area contributed by atoms with Crippen LogP contribution >= 0.6 is 0 Å². The number of aromatic nitrogens is 3. The van der Waals surface area contributed by atoms with Gasteiger partial charge in [-0.2, -0.15) is 5.10 Å². The Balaban J connectivity index is 1.59. The number of piperidine rings is 1. The quantitative estimate of drug-likeness (QED) is 0.224. The average molecular weight is 585 g/mol. The van der Waals surface area contributed by atoms with Gasteiger partial charge in [0, 0.05) is 36.5 Å². The highest BCUT2D eigenvalue weighted by molar-refractivity contribution is 5.89. The van der Waals surface area contributed by atoms with E-state index in [9.17, 15) is 14.3 Å². The first-order valence-electron chi connectivity index (χ1n) is 14.9. The number of anilines is 1. The van der Waals surface area contributed by atoms with E-state index in [0.29, 0.717) is 24.5 Å². The summed E-state index contributed by atoms with van der Waals surface area (Å²) in [6.45, 7) is 14.7. The number of nitrogens with zero attached hydrogens (tertiary/aromatic N) is 4. The molecule has 8 heteroatoms. The van der Waals surface area contributed by atoms with E-state index < -0.39 is 5.97 Å². The Morgan fingerprint density at radius 1 is 0.977 bits per heavy atom. The average Bonchev–Trinajstić information content (AvgIpc) is 3.22. The molecule has 0 amide bonds. The normalized spacial score (nSPS) is 14.6. The van der Waals surface area contributed by atoms with Gasteiger partial charge in [0.2, 0.25) is 0 Å². The van der Waals surface area contributed by atoms with E-state index >= 15 is 0 Å². The number of ether oxygens (including phenoxy) is 1. The van der Waals surface area contributed by atoms with Crippen molar-refractivity contribution in [2.24, 2.45) is 5.41 Å². The van der Waals surface area contributed by atoms with Gasteiger partial charge in [-0.3, -0.25) is 4.79 Å². The summed E-state index contributed by atoms with van der Waals surface area (Å²) in [6, 6.07) is 14.4. The second-order valence-corrected chi connectivity index (χ2v) is 12.4. The predicted molar refractivity (Wildman–Crippen MR) is 168 cm³/mol. The number of carbonyl (C=O) groups is 1. The molecule has 1 saturated heterocycles. The smallest absolute Gasteiger partial charge is 0.307 e. The Kier molecular flexibility index (Phi) is 8.58. The third-order valence-electron chi connectivity index (χ3n) is 8.79. The first kappa shape index (κ1) is 30.3. The number of aliphatic carboxylic acids is 1. The SMILES string of the molecule is Cc1nn(-c2nc(C)c(CC(=O)O)c(N3CCC(C)(C)CC3)c2-c2ccc(OCCc3ccc(F)cc3)cc2)c(C)c1C. The molecular weight excluding hydrogens is 543 g/mol. The number of aryl methyl sites for hydroxylation is 2. The number of pyridine rings is 1. The second-order valence-electron chi connectivity index (χ2n) is 12.4. The van der Waals surface area contributed by atoms with Crippen molar-refractivity contribution < 1.29 is 19.0 Å². The lowest BCUT2D eigenvalue weighted by Crippen LogP contribution is -2.38. The van der Waals surface area contributed by atoms with Gasteiger partial charge in [-0.05, 0) is 86.9 Å². The number of carboxylic acids is 1. The molecule has 3 heterocycles. The topological polar surface area (TPSA) is 80.5 Å². The Morgan fingerprint density at radius 2 is 1.63 bits per heavy atom. The number of hydrogen-bond acceptors (Lipinski definition) is 5. The lowest BCUT2D eigenvalue weighted by Gasteiger charge is -2.40. The summed E-state index contributed by atoms with van der Waals surface area (Å²) in [7, 11) is 0.